The van der Waals surface area contributed by atoms with E-state index in [1.165, 1.54) is 0 Å². The molecule has 0 fully saturated rings. The van der Waals surface area contributed by atoms with Gasteiger partial charge in [0.15, 0.2) is 11.0 Å². The van der Waals surface area contributed by atoms with E-state index in [-0.39, 0.29) is 11.0 Å². The lowest BCUT2D eigenvalue weighted by Crippen LogP contribution is -2.26. The zero-order valence-electron chi connectivity index (χ0n) is 10.2. The van der Waals surface area contributed by atoms with E-state index in [9.17, 15) is 4.79 Å². The van der Waals surface area contributed by atoms with Crippen molar-refractivity contribution in [1.29, 1.82) is 0 Å². The molecule has 0 aliphatic rings. The van der Waals surface area contributed by atoms with Gasteiger partial charge in [0, 0.05) is 5.41 Å². The Labute approximate surface area is 121 Å². The van der Waals surface area contributed by atoms with Crippen LogP contribution < -0.4 is 5.43 Å². The van der Waals surface area contributed by atoms with Gasteiger partial charge in [-0.25, -0.2) is 0 Å². The molecule has 1 rings (SSSR count). The highest BCUT2D eigenvalue weighted by Crippen LogP contribution is 2.25. The number of hydrogen-bond donors (Lipinski definition) is 1. The highest BCUT2D eigenvalue weighted by atomic mass is 35.5. The number of halogens is 3. The first-order valence-corrected chi connectivity index (χ1v) is 6.34. The summed E-state index contributed by atoms with van der Waals surface area (Å²) >= 11 is 17.4. The Balaban J connectivity index is 2.80. The second-order valence-electron chi connectivity index (χ2n) is 4.72. The molecule has 0 heterocycles. The van der Waals surface area contributed by atoms with Gasteiger partial charge >= 0.3 is 0 Å². The molecule has 1 N–H and O–H groups in total. The summed E-state index contributed by atoms with van der Waals surface area (Å²) in [5.41, 5.74) is 2.69. The highest BCUT2D eigenvalue weighted by Gasteiger charge is 2.25. The second kappa shape index (κ2) is 5.91. The molecule has 1 aromatic carbocycles. The highest BCUT2D eigenvalue weighted by molar-refractivity contribution is 6.83. The standard InChI is InChI=1S/C12H13Cl3N2O/c1-12(2,3)10(18)11(15)17-16-7-4-5-8(13)9(14)6-7/h4-6,16H,1-3H3. The summed E-state index contributed by atoms with van der Waals surface area (Å²) < 4.78 is 0. The molecule has 0 aliphatic carbocycles. The third kappa shape index (κ3) is 4.16. The van der Waals surface area contributed by atoms with Crippen LogP contribution in [0.15, 0.2) is 23.3 Å². The molecule has 0 unspecified atom stereocenters. The minimum absolute atomic E-state index is 0.103. The molecular formula is C12H13Cl3N2O. The van der Waals surface area contributed by atoms with Crippen molar-refractivity contribution in [3.05, 3.63) is 28.2 Å². The molecule has 0 atom stereocenters. The average molecular weight is 308 g/mol. The smallest absolute Gasteiger partial charge is 0.199 e. The first-order chi connectivity index (χ1) is 8.21. The van der Waals surface area contributed by atoms with Crippen LogP contribution in [0.1, 0.15) is 20.8 Å². The average Bonchev–Trinajstić information content (AvgIpc) is 2.28. The van der Waals surface area contributed by atoms with Crippen molar-refractivity contribution < 1.29 is 4.79 Å². The monoisotopic (exact) mass is 306 g/mol. The van der Waals surface area contributed by atoms with E-state index in [2.05, 4.69) is 10.5 Å². The molecule has 6 heteroatoms. The van der Waals surface area contributed by atoms with E-state index in [0.29, 0.717) is 15.7 Å². The van der Waals surface area contributed by atoms with Gasteiger partial charge < -0.3 is 0 Å². The van der Waals surface area contributed by atoms with Gasteiger partial charge in [0.25, 0.3) is 0 Å². The lowest BCUT2D eigenvalue weighted by Gasteiger charge is -2.14. The molecule has 0 radical (unpaired) electrons. The number of anilines is 1. The van der Waals surface area contributed by atoms with Crippen molar-refractivity contribution in [2.45, 2.75) is 20.8 Å². The molecule has 0 saturated carbocycles. The first kappa shape index (κ1) is 15.3. The van der Waals surface area contributed by atoms with E-state index < -0.39 is 5.41 Å². The zero-order valence-corrected chi connectivity index (χ0v) is 12.5. The lowest BCUT2D eigenvalue weighted by atomic mass is 9.91. The van der Waals surface area contributed by atoms with Gasteiger partial charge in [-0.05, 0) is 18.2 Å². The fourth-order valence-corrected chi connectivity index (χ4v) is 1.66. The molecule has 3 nitrogen and oxygen atoms in total. The Morgan fingerprint density at radius 3 is 2.33 bits per heavy atom. The lowest BCUT2D eigenvalue weighted by molar-refractivity contribution is -0.119. The van der Waals surface area contributed by atoms with Crippen molar-refractivity contribution in [2.75, 3.05) is 5.43 Å². The quantitative estimate of drug-likeness (QED) is 0.656. The molecule has 98 valence electrons. The fraction of sp³-hybridized carbons (Fsp3) is 0.333. The maximum Gasteiger partial charge on any atom is 0.199 e. The zero-order chi connectivity index (χ0) is 13.9. The van der Waals surface area contributed by atoms with Crippen LogP contribution in [0, 0.1) is 5.41 Å². The molecule has 0 amide bonds. The van der Waals surface area contributed by atoms with Crippen molar-refractivity contribution in [2.24, 2.45) is 10.5 Å². The van der Waals surface area contributed by atoms with Crippen LogP contribution in [0.4, 0.5) is 5.69 Å². The number of hydrogen-bond acceptors (Lipinski definition) is 3. The number of ketones is 1. The van der Waals surface area contributed by atoms with Gasteiger partial charge in [-0.15, -0.1) is 0 Å². The van der Waals surface area contributed by atoms with Gasteiger partial charge in [0.05, 0.1) is 15.7 Å². The van der Waals surface area contributed by atoms with Crippen LogP contribution in [0.5, 0.6) is 0 Å². The second-order valence-corrected chi connectivity index (χ2v) is 5.89. The Morgan fingerprint density at radius 1 is 1.22 bits per heavy atom. The summed E-state index contributed by atoms with van der Waals surface area (Å²) in [6.45, 7) is 5.31. The number of rotatable bonds is 3. The third-order valence-electron chi connectivity index (χ3n) is 2.07. The number of nitrogens with one attached hydrogen (secondary N) is 1. The van der Waals surface area contributed by atoms with E-state index in [1.807, 2.05) is 0 Å². The Bertz CT molecular complexity index is 493. The van der Waals surface area contributed by atoms with Crippen LogP contribution in [0.2, 0.25) is 10.0 Å². The van der Waals surface area contributed by atoms with E-state index >= 15 is 0 Å². The largest absolute Gasteiger partial charge is 0.291 e. The predicted octanol–water partition coefficient (Wildman–Crippen LogP) is 4.57. The van der Waals surface area contributed by atoms with Gasteiger partial charge in [0.1, 0.15) is 0 Å². The topological polar surface area (TPSA) is 41.5 Å². The summed E-state index contributed by atoms with van der Waals surface area (Å²) in [5, 5.41) is 4.55. The number of nitrogens with zero attached hydrogens (tertiary/aromatic N) is 1. The maximum absolute atomic E-state index is 11.8. The van der Waals surface area contributed by atoms with E-state index in [0.717, 1.165) is 0 Å². The number of benzene rings is 1. The fourth-order valence-electron chi connectivity index (χ4n) is 1.04. The molecule has 0 spiro atoms. The Kier molecular flexibility index (Phi) is 5.02. The minimum Gasteiger partial charge on any atom is -0.291 e. The van der Waals surface area contributed by atoms with Crippen LogP contribution in [-0.4, -0.2) is 11.0 Å². The van der Waals surface area contributed by atoms with Crippen LogP contribution in [0.3, 0.4) is 0 Å². The summed E-state index contributed by atoms with van der Waals surface area (Å²) in [4.78, 5) is 11.8. The van der Waals surface area contributed by atoms with Crippen LogP contribution >= 0.6 is 34.8 Å². The molecule has 18 heavy (non-hydrogen) atoms. The van der Waals surface area contributed by atoms with E-state index in [4.69, 9.17) is 34.8 Å². The number of carbonyl (C=O) groups is 1. The summed E-state index contributed by atoms with van der Waals surface area (Å²) in [6.07, 6.45) is 0. The Hall–Kier alpha value is -0.770. The van der Waals surface area contributed by atoms with Crippen molar-refractivity contribution >= 4 is 51.4 Å². The van der Waals surface area contributed by atoms with Gasteiger partial charge in [-0.3, -0.25) is 10.2 Å². The first-order valence-electron chi connectivity index (χ1n) is 5.21. The number of carbonyl (C=O) groups excluding carboxylic acids is 1. The van der Waals surface area contributed by atoms with Crippen LogP contribution in [0.25, 0.3) is 0 Å². The molecule has 0 aliphatic heterocycles. The number of Topliss-reactive ketones (excluding diaryl/α,β-unsaturated/α-hetero) is 1. The predicted molar refractivity (Wildman–Crippen MR) is 77.8 cm³/mol. The van der Waals surface area contributed by atoms with Crippen molar-refractivity contribution in [3.8, 4) is 0 Å². The summed E-state index contributed by atoms with van der Waals surface area (Å²) in [7, 11) is 0. The van der Waals surface area contributed by atoms with Gasteiger partial charge in [0.2, 0.25) is 0 Å². The van der Waals surface area contributed by atoms with Gasteiger partial charge in [-0.2, -0.15) is 5.10 Å². The Morgan fingerprint density at radius 2 is 1.83 bits per heavy atom. The maximum atomic E-state index is 11.8. The minimum atomic E-state index is -0.570. The third-order valence-corrected chi connectivity index (χ3v) is 3.07. The molecule has 0 aromatic heterocycles. The van der Waals surface area contributed by atoms with Crippen molar-refractivity contribution in [1.82, 2.24) is 0 Å². The van der Waals surface area contributed by atoms with Crippen LogP contribution in [-0.2, 0) is 4.79 Å². The molecule has 0 saturated heterocycles. The summed E-state index contributed by atoms with van der Waals surface area (Å²) in [6, 6.07) is 4.91. The SMILES string of the molecule is CC(C)(C)C(=O)C(Cl)=NNc1ccc(Cl)c(Cl)c1. The molecule has 0 bridgehead atoms. The number of hydrazone groups is 1. The van der Waals surface area contributed by atoms with E-state index in [1.54, 1.807) is 39.0 Å². The summed E-state index contributed by atoms with van der Waals surface area (Å²) in [5.74, 6) is -0.239. The van der Waals surface area contributed by atoms with Crippen molar-refractivity contribution in [3.63, 3.8) is 0 Å². The molecular weight excluding hydrogens is 295 g/mol. The van der Waals surface area contributed by atoms with Gasteiger partial charge in [-0.1, -0.05) is 55.6 Å². The molecule has 1 aromatic rings. The normalized spacial score (nSPS) is 12.4.